The van der Waals surface area contributed by atoms with E-state index in [0.29, 0.717) is 29.9 Å². The van der Waals surface area contributed by atoms with Crippen molar-refractivity contribution in [2.45, 2.75) is 73.4 Å². The number of benzene rings is 1. The van der Waals surface area contributed by atoms with Gasteiger partial charge in [0.05, 0.1) is 10.6 Å². The minimum Gasteiger partial charge on any atom is -0.317 e. The largest absolute Gasteiger partial charge is 0.389 e. The van der Waals surface area contributed by atoms with Crippen LogP contribution in [0.25, 0.3) is 11.3 Å². The van der Waals surface area contributed by atoms with Crippen molar-refractivity contribution in [2.24, 2.45) is 0 Å². The van der Waals surface area contributed by atoms with Crippen molar-refractivity contribution in [2.75, 3.05) is 13.1 Å². The molecule has 0 aliphatic carbocycles. The molecule has 10 heteroatoms. The van der Waals surface area contributed by atoms with Crippen molar-refractivity contribution in [3.63, 3.8) is 0 Å². The molecule has 1 N–H and O–H groups in total. The number of carbonyl (C=O) groups excluding carboxylic acids is 1. The number of halogens is 3. The van der Waals surface area contributed by atoms with Gasteiger partial charge in [0.2, 0.25) is 5.12 Å². The molecule has 1 aromatic carbocycles. The Morgan fingerprint density at radius 2 is 1.69 bits per heavy atom. The van der Waals surface area contributed by atoms with Crippen LogP contribution >= 0.6 is 11.8 Å². The molecule has 5 nitrogen and oxygen atoms in total. The summed E-state index contributed by atoms with van der Waals surface area (Å²) in [6.07, 6.45) is -2.74. The van der Waals surface area contributed by atoms with Crippen molar-refractivity contribution in [1.29, 1.82) is 0 Å². The zero-order valence-electron chi connectivity index (χ0n) is 20.1. The van der Waals surface area contributed by atoms with Crippen LogP contribution in [0.1, 0.15) is 52.0 Å². The van der Waals surface area contributed by atoms with Crippen molar-refractivity contribution in [1.82, 2.24) is 10.3 Å². The first-order valence-electron chi connectivity index (χ1n) is 11.5. The SMILES string of the molecule is CC(C)(C)SC(=O)C1(S(=O)(=O)c2ccc(-c3ccc(CCCC(F)(F)F)cn3)cc2)CCNCC1. The van der Waals surface area contributed by atoms with E-state index < -0.39 is 31.9 Å². The maximum atomic E-state index is 13.7. The Labute approximate surface area is 209 Å². The molecule has 0 bridgehead atoms. The van der Waals surface area contributed by atoms with E-state index in [1.807, 2.05) is 20.8 Å². The van der Waals surface area contributed by atoms with Gasteiger partial charge in [-0.1, -0.05) is 50.7 Å². The molecule has 1 fully saturated rings. The summed E-state index contributed by atoms with van der Waals surface area (Å²) < 4.78 is 62.6. The number of alkyl halides is 3. The lowest BCUT2D eigenvalue weighted by molar-refractivity contribution is -0.135. The number of pyridine rings is 1. The Hall–Kier alpha value is -1.91. The Morgan fingerprint density at radius 3 is 2.20 bits per heavy atom. The molecule has 2 heterocycles. The van der Waals surface area contributed by atoms with Gasteiger partial charge in [-0.2, -0.15) is 13.2 Å². The standard InChI is InChI=1S/C25H31F3N2O3S2/c1-23(2,3)34-22(31)24(13-15-29-16-14-24)35(32,33)20-9-7-19(8-10-20)21-11-6-18(17-30-21)5-4-12-25(26,27)28/h6-11,17,29H,4-5,12-16H2,1-3H3. The number of rotatable bonds is 7. The summed E-state index contributed by atoms with van der Waals surface area (Å²) in [5.74, 6) is 0. The molecule has 0 radical (unpaired) electrons. The number of nitrogens with zero attached hydrogens (tertiary/aromatic N) is 1. The highest BCUT2D eigenvalue weighted by atomic mass is 32.2. The fraction of sp³-hybridized carbons (Fsp3) is 0.520. The highest BCUT2D eigenvalue weighted by Crippen LogP contribution is 2.41. The average molecular weight is 529 g/mol. The third-order valence-corrected chi connectivity index (χ3v) is 9.74. The zero-order valence-corrected chi connectivity index (χ0v) is 21.7. The lowest BCUT2D eigenvalue weighted by Crippen LogP contribution is -2.53. The fourth-order valence-electron chi connectivity index (χ4n) is 4.05. The number of aromatic nitrogens is 1. The van der Waals surface area contributed by atoms with Crippen molar-refractivity contribution in [3.8, 4) is 11.3 Å². The summed E-state index contributed by atoms with van der Waals surface area (Å²) >= 11 is 1.07. The van der Waals surface area contributed by atoms with Gasteiger partial charge < -0.3 is 5.32 Å². The predicted molar refractivity (Wildman–Crippen MR) is 133 cm³/mol. The molecule has 1 aromatic heterocycles. The Balaban J connectivity index is 1.80. The van der Waals surface area contributed by atoms with Gasteiger partial charge in [-0.25, -0.2) is 8.42 Å². The molecule has 0 saturated carbocycles. The molecule has 192 valence electrons. The third kappa shape index (κ3) is 6.86. The van der Waals surface area contributed by atoms with Crippen LogP contribution in [-0.4, -0.2) is 47.3 Å². The Bertz CT molecular complexity index is 1120. The lowest BCUT2D eigenvalue weighted by Gasteiger charge is -2.36. The van der Waals surface area contributed by atoms with Gasteiger partial charge in [0.15, 0.2) is 9.84 Å². The molecule has 0 spiro atoms. The number of carbonyl (C=O) groups is 1. The van der Waals surface area contributed by atoms with Crippen LogP contribution in [-0.2, 0) is 21.1 Å². The van der Waals surface area contributed by atoms with E-state index in [0.717, 1.165) is 11.8 Å². The second kappa shape index (κ2) is 10.6. The van der Waals surface area contributed by atoms with E-state index in [4.69, 9.17) is 0 Å². The maximum Gasteiger partial charge on any atom is 0.389 e. The number of hydrogen-bond acceptors (Lipinski definition) is 6. The summed E-state index contributed by atoms with van der Waals surface area (Å²) in [5, 5.41) is 2.83. The first-order valence-corrected chi connectivity index (χ1v) is 13.8. The maximum absolute atomic E-state index is 13.7. The van der Waals surface area contributed by atoms with Gasteiger partial charge in [0.25, 0.3) is 0 Å². The molecule has 1 aliphatic rings. The minimum atomic E-state index is -4.17. The van der Waals surface area contributed by atoms with E-state index in [2.05, 4.69) is 10.3 Å². The highest BCUT2D eigenvalue weighted by molar-refractivity contribution is 8.16. The van der Waals surface area contributed by atoms with E-state index in [9.17, 15) is 26.4 Å². The van der Waals surface area contributed by atoms with Crippen LogP contribution in [0.2, 0.25) is 0 Å². The number of nitrogens with one attached hydrogen (secondary N) is 1. The number of thioether (sulfide) groups is 1. The molecular formula is C25H31F3N2O3S2. The van der Waals surface area contributed by atoms with Crippen LogP contribution < -0.4 is 5.32 Å². The van der Waals surface area contributed by atoms with Crippen LogP contribution in [0, 0.1) is 0 Å². The zero-order chi connectivity index (χ0) is 25.9. The smallest absolute Gasteiger partial charge is 0.317 e. The normalized spacial score (nSPS) is 16.7. The van der Waals surface area contributed by atoms with Crippen LogP contribution in [0.3, 0.4) is 0 Å². The van der Waals surface area contributed by atoms with Gasteiger partial charge in [-0.3, -0.25) is 9.78 Å². The van der Waals surface area contributed by atoms with Gasteiger partial charge in [0, 0.05) is 22.9 Å². The third-order valence-electron chi connectivity index (χ3n) is 5.91. The number of piperidine rings is 1. The summed E-state index contributed by atoms with van der Waals surface area (Å²) in [7, 11) is -3.95. The molecule has 1 aliphatic heterocycles. The molecule has 0 unspecified atom stereocenters. The quantitative estimate of drug-likeness (QED) is 0.505. The number of sulfone groups is 1. The fourth-order valence-corrected chi connectivity index (χ4v) is 7.36. The molecule has 1 saturated heterocycles. The summed E-state index contributed by atoms with van der Waals surface area (Å²) in [6, 6.07) is 9.74. The predicted octanol–water partition coefficient (Wildman–Crippen LogP) is 5.59. The average Bonchev–Trinajstić information content (AvgIpc) is 2.78. The van der Waals surface area contributed by atoms with Gasteiger partial charge in [0.1, 0.15) is 4.75 Å². The summed E-state index contributed by atoms with van der Waals surface area (Å²) in [4.78, 5) is 17.7. The van der Waals surface area contributed by atoms with E-state index in [1.165, 1.54) is 12.1 Å². The molecular weight excluding hydrogens is 497 g/mol. The van der Waals surface area contributed by atoms with Gasteiger partial charge >= 0.3 is 6.18 Å². The molecule has 0 atom stereocenters. The topological polar surface area (TPSA) is 76.1 Å². The summed E-state index contributed by atoms with van der Waals surface area (Å²) in [6.45, 7) is 6.57. The van der Waals surface area contributed by atoms with Crippen molar-refractivity contribution in [3.05, 3.63) is 48.2 Å². The van der Waals surface area contributed by atoms with Crippen LogP contribution in [0.15, 0.2) is 47.5 Å². The van der Waals surface area contributed by atoms with E-state index >= 15 is 0 Å². The lowest BCUT2D eigenvalue weighted by atomic mass is 9.98. The highest BCUT2D eigenvalue weighted by Gasteiger charge is 2.52. The first-order chi connectivity index (χ1) is 16.2. The second-order valence-electron chi connectivity index (χ2n) is 9.79. The number of aryl methyl sites for hydroxylation is 1. The molecule has 3 rings (SSSR count). The molecule has 2 aromatic rings. The van der Waals surface area contributed by atoms with E-state index in [1.54, 1.807) is 30.5 Å². The summed E-state index contributed by atoms with van der Waals surface area (Å²) in [5.41, 5.74) is 1.98. The second-order valence-corrected chi connectivity index (χ2v) is 13.9. The van der Waals surface area contributed by atoms with Crippen LogP contribution in [0.4, 0.5) is 13.2 Å². The van der Waals surface area contributed by atoms with Crippen molar-refractivity contribution < 1.29 is 26.4 Å². The van der Waals surface area contributed by atoms with Crippen molar-refractivity contribution >= 4 is 26.7 Å². The molecule has 35 heavy (non-hydrogen) atoms. The Kier molecular flexibility index (Phi) is 8.38. The van der Waals surface area contributed by atoms with E-state index in [-0.39, 0.29) is 35.7 Å². The first kappa shape index (κ1) is 27.7. The van der Waals surface area contributed by atoms with Crippen LogP contribution in [0.5, 0.6) is 0 Å². The van der Waals surface area contributed by atoms with Gasteiger partial charge in [-0.15, -0.1) is 0 Å². The van der Waals surface area contributed by atoms with Gasteiger partial charge in [-0.05, 0) is 62.5 Å². The number of hydrogen-bond donors (Lipinski definition) is 1. The Morgan fingerprint density at radius 1 is 1.06 bits per heavy atom. The monoisotopic (exact) mass is 528 g/mol. The minimum absolute atomic E-state index is 0.000568. The molecule has 0 amide bonds.